The maximum Gasteiger partial charge on any atom is 0.418 e. The molecule has 0 spiro atoms. The van der Waals surface area contributed by atoms with Crippen LogP contribution in [-0.2, 0) is 17.5 Å². The fourth-order valence-corrected chi connectivity index (χ4v) is 4.50. The molecule has 6 nitrogen and oxygen atoms in total. The molecule has 4 aromatic rings. The van der Waals surface area contributed by atoms with Crippen LogP contribution in [0.3, 0.4) is 0 Å². The van der Waals surface area contributed by atoms with Crippen molar-refractivity contribution in [3.63, 3.8) is 0 Å². The van der Waals surface area contributed by atoms with E-state index in [1.165, 1.54) is 43.7 Å². The first-order valence-corrected chi connectivity index (χ1v) is 10.6. The molecule has 34 heavy (non-hydrogen) atoms. The van der Waals surface area contributed by atoms with Crippen molar-refractivity contribution < 1.29 is 36.3 Å². The number of thiophene rings is 1. The number of anilines is 2. The SMILES string of the molecule is COCc1c(C(=O)Nc2ccc(NC(=O)c3ccco3)cc2C(F)(F)F)sc2cccc(F)c12. The number of carbonyl (C=O) groups is 2. The van der Waals surface area contributed by atoms with E-state index in [0.717, 1.165) is 17.4 Å². The molecular formula is C23H16F4N2O4S. The molecule has 0 aliphatic heterocycles. The highest BCUT2D eigenvalue weighted by Crippen LogP contribution is 2.38. The van der Waals surface area contributed by atoms with Gasteiger partial charge in [0.1, 0.15) is 5.82 Å². The monoisotopic (exact) mass is 492 g/mol. The Morgan fingerprint density at radius 3 is 2.53 bits per heavy atom. The van der Waals surface area contributed by atoms with Crippen LogP contribution < -0.4 is 10.6 Å². The molecule has 0 unspecified atom stereocenters. The normalized spacial score (nSPS) is 11.6. The summed E-state index contributed by atoms with van der Waals surface area (Å²) < 4.78 is 66.1. The molecule has 2 aromatic carbocycles. The highest BCUT2D eigenvalue weighted by Gasteiger charge is 2.35. The Kier molecular flexibility index (Phi) is 6.40. The first kappa shape index (κ1) is 23.5. The minimum Gasteiger partial charge on any atom is -0.459 e. The van der Waals surface area contributed by atoms with Gasteiger partial charge in [0.25, 0.3) is 11.8 Å². The summed E-state index contributed by atoms with van der Waals surface area (Å²) in [7, 11) is 1.36. The van der Waals surface area contributed by atoms with Gasteiger partial charge >= 0.3 is 6.18 Å². The van der Waals surface area contributed by atoms with Crippen LogP contribution in [0.15, 0.2) is 59.2 Å². The number of methoxy groups -OCH3 is 1. The number of rotatable bonds is 6. The van der Waals surface area contributed by atoms with Crippen LogP contribution in [0.5, 0.6) is 0 Å². The molecule has 2 heterocycles. The van der Waals surface area contributed by atoms with Gasteiger partial charge < -0.3 is 19.8 Å². The number of alkyl halides is 3. The molecule has 2 aromatic heterocycles. The highest BCUT2D eigenvalue weighted by molar-refractivity contribution is 7.21. The lowest BCUT2D eigenvalue weighted by molar-refractivity contribution is -0.136. The molecule has 0 bridgehead atoms. The predicted octanol–water partition coefficient (Wildman–Crippen LogP) is 6.30. The predicted molar refractivity (Wildman–Crippen MR) is 119 cm³/mol. The molecule has 0 aliphatic rings. The van der Waals surface area contributed by atoms with Gasteiger partial charge in [-0.05, 0) is 42.5 Å². The van der Waals surface area contributed by atoms with E-state index >= 15 is 0 Å². The second-order valence-electron chi connectivity index (χ2n) is 7.10. The lowest BCUT2D eigenvalue weighted by Crippen LogP contribution is -2.18. The second-order valence-corrected chi connectivity index (χ2v) is 8.15. The molecule has 0 saturated carbocycles. The molecule has 2 amide bonds. The summed E-state index contributed by atoms with van der Waals surface area (Å²) in [6.45, 7) is -0.104. The Labute approximate surface area is 194 Å². The second kappa shape index (κ2) is 9.27. The summed E-state index contributed by atoms with van der Waals surface area (Å²) in [5, 5.41) is 4.77. The first-order chi connectivity index (χ1) is 16.2. The van der Waals surface area contributed by atoms with Gasteiger partial charge in [0.15, 0.2) is 5.76 Å². The summed E-state index contributed by atoms with van der Waals surface area (Å²) in [6.07, 6.45) is -3.58. The van der Waals surface area contributed by atoms with Crippen molar-refractivity contribution in [1.82, 2.24) is 0 Å². The highest BCUT2D eigenvalue weighted by atomic mass is 32.1. The Morgan fingerprint density at radius 1 is 1.06 bits per heavy atom. The summed E-state index contributed by atoms with van der Waals surface area (Å²) in [5.74, 6) is -2.21. The lowest BCUT2D eigenvalue weighted by Gasteiger charge is -2.16. The maximum atomic E-state index is 14.4. The van der Waals surface area contributed by atoms with Crippen molar-refractivity contribution in [1.29, 1.82) is 0 Å². The van der Waals surface area contributed by atoms with Crippen molar-refractivity contribution in [2.45, 2.75) is 12.8 Å². The van der Waals surface area contributed by atoms with Crippen molar-refractivity contribution >= 4 is 44.6 Å². The van der Waals surface area contributed by atoms with Crippen molar-refractivity contribution in [3.05, 3.63) is 82.4 Å². The number of ether oxygens (including phenoxy) is 1. The van der Waals surface area contributed by atoms with Gasteiger partial charge in [0, 0.05) is 28.4 Å². The summed E-state index contributed by atoms with van der Waals surface area (Å²) in [6, 6.07) is 10.1. The van der Waals surface area contributed by atoms with Gasteiger partial charge in [0.2, 0.25) is 0 Å². The number of furan rings is 1. The fourth-order valence-electron chi connectivity index (χ4n) is 3.38. The molecule has 0 atom stereocenters. The average molecular weight is 492 g/mol. The van der Waals surface area contributed by atoms with Gasteiger partial charge in [-0.2, -0.15) is 13.2 Å². The van der Waals surface area contributed by atoms with Crippen LogP contribution in [0.25, 0.3) is 10.1 Å². The van der Waals surface area contributed by atoms with Gasteiger partial charge in [-0.3, -0.25) is 9.59 Å². The zero-order valence-corrected chi connectivity index (χ0v) is 18.3. The molecule has 0 fully saturated rings. The van der Waals surface area contributed by atoms with Crippen molar-refractivity contribution in [2.75, 3.05) is 17.7 Å². The van der Waals surface area contributed by atoms with Gasteiger partial charge in [-0.25, -0.2) is 4.39 Å². The lowest BCUT2D eigenvalue weighted by atomic mass is 10.1. The van der Waals surface area contributed by atoms with E-state index in [0.29, 0.717) is 10.8 Å². The largest absolute Gasteiger partial charge is 0.459 e. The number of carbonyl (C=O) groups excluding carboxylic acids is 2. The number of fused-ring (bicyclic) bond motifs is 1. The quantitative estimate of drug-likeness (QED) is 0.310. The number of hydrogen-bond donors (Lipinski definition) is 2. The molecule has 11 heteroatoms. The van der Waals surface area contributed by atoms with E-state index in [-0.39, 0.29) is 33.9 Å². The third-order valence-corrected chi connectivity index (χ3v) is 6.03. The van der Waals surface area contributed by atoms with Crippen LogP contribution in [0.4, 0.5) is 28.9 Å². The van der Waals surface area contributed by atoms with Crippen LogP contribution in [-0.4, -0.2) is 18.9 Å². The van der Waals surface area contributed by atoms with E-state index < -0.39 is 35.1 Å². The zero-order chi connectivity index (χ0) is 24.5. The van der Waals surface area contributed by atoms with Gasteiger partial charge in [-0.15, -0.1) is 11.3 Å². The van der Waals surface area contributed by atoms with E-state index in [4.69, 9.17) is 9.15 Å². The van der Waals surface area contributed by atoms with Crippen LogP contribution >= 0.6 is 11.3 Å². The average Bonchev–Trinajstić information content (AvgIpc) is 3.44. The molecule has 0 aliphatic carbocycles. The standard InChI is InChI=1S/C23H16F4N2O4S/c1-32-11-13-19-15(24)4-2-6-18(19)34-20(13)22(31)29-16-8-7-12(10-14(16)23(25,26)27)28-21(30)17-5-3-9-33-17/h2-10H,11H2,1H3,(H,28,30)(H,29,31). The zero-order valence-electron chi connectivity index (χ0n) is 17.5. The molecule has 4 rings (SSSR count). The smallest absolute Gasteiger partial charge is 0.418 e. The maximum absolute atomic E-state index is 14.4. The van der Waals surface area contributed by atoms with Crippen molar-refractivity contribution in [3.8, 4) is 0 Å². The minimum atomic E-state index is -4.84. The molecule has 2 N–H and O–H groups in total. The van der Waals surface area contributed by atoms with E-state index in [9.17, 15) is 27.2 Å². The van der Waals surface area contributed by atoms with Crippen LogP contribution in [0.2, 0.25) is 0 Å². The van der Waals surface area contributed by atoms with E-state index in [1.54, 1.807) is 6.07 Å². The molecular weight excluding hydrogens is 476 g/mol. The van der Waals surface area contributed by atoms with Crippen LogP contribution in [0.1, 0.15) is 31.4 Å². The van der Waals surface area contributed by atoms with E-state index in [2.05, 4.69) is 10.6 Å². The Bertz CT molecular complexity index is 1360. The third kappa shape index (κ3) is 4.66. The summed E-state index contributed by atoms with van der Waals surface area (Å²) in [4.78, 5) is 25.1. The fraction of sp³-hybridized carbons (Fsp3) is 0.130. The van der Waals surface area contributed by atoms with E-state index in [1.807, 2.05) is 0 Å². The number of amides is 2. The summed E-state index contributed by atoms with van der Waals surface area (Å²) >= 11 is 0.948. The molecule has 0 radical (unpaired) electrons. The van der Waals surface area contributed by atoms with Crippen molar-refractivity contribution in [2.24, 2.45) is 0 Å². The van der Waals surface area contributed by atoms with Gasteiger partial charge in [-0.1, -0.05) is 6.07 Å². The number of halogens is 4. The Balaban J connectivity index is 1.67. The molecule has 176 valence electrons. The summed E-state index contributed by atoms with van der Waals surface area (Å²) in [5.41, 5.74) is -1.59. The molecule has 0 saturated heterocycles. The first-order valence-electron chi connectivity index (χ1n) is 9.75. The topological polar surface area (TPSA) is 80.6 Å². The van der Waals surface area contributed by atoms with Crippen LogP contribution in [0, 0.1) is 5.82 Å². The minimum absolute atomic E-state index is 0.0327. The third-order valence-electron chi connectivity index (χ3n) is 4.83. The number of hydrogen-bond acceptors (Lipinski definition) is 5. The Morgan fingerprint density at radius 2 is 1.85 bits per heavy atom. The number of benzene rings is 2. The van der Waals surface area contributed by atoms with Gasteiger partial charge in [0.05, 0.1) is 29.0 Å². The number of nitrogens with one attached hydrogen (secondary N) is 2. The Hall–Kier alpha value is -3.70.